The Morgan fingerprint density at radius 1 is 1.36 bits per heavy atom. The number of nitrogens with two attached hydrogens (primary N) is 2. The Morgan fingerprint density at radius 3 is 2.48 bits per heavy atom. The molecule has 0 fully saturated rings. The van der Waals surface area contributed by atoms with E-state index in [1.807, 2.05) is 0 Å². The van der Waals surface area contributed by atoms with Crippen molar-refractivity contribution in [1.82, 2.24) is 0 Å². The van der Waals surface area contributed by atoms with Crippen LogP contribution in [0.25, 0.3) is 0 Å². The van der Waals surface area contributed by atoms with Crippen LogP contribution >= 0.6 is 12.2 Å². The molecule has 1 aliphatic carbocycles. The normalized spacial score (nSPS) is 13.4. The zero-order valence-corrected chi connectivity index (χ0v) is 14.3. The molecule has 7 N–H and O–H groups in total. The van der Waals surface area contributed by atoms with Crippen LogP contribution in [0, 0.1) is 11.2 Å². The van der Waals surface area contributed by atoms with Crippen molar-refractivity contribution in [2.24, 2.45) is 11.5 Å². The molecule has 0 radical (unpaired) electrons. The first-order chi connectivity index (χ1) is 11.7. The number of carbonyl (C=O) groups is 2. The van der Waals surface area contributed by atoms with Crippen molar-refractivity contribution in [3.63, 3.8) is 0 Å². The van der Waals surface area contributed by atoms with Crippen LogP contribution in [0.4, 0.5) is 15.8 Å². The molecule has 9 heteroatoms. The van der Waals surface area contributed by atoms with Crippen molar-refractivity contribution in [3.8, 4) is 0 Å². The summed E-state index contributed by atoms with van der Waals surface area (Å²) in [5.41, 5.74) is 11.8. The maximum atomic E-state index is 14.3. The molecule has 132 valence electrons. The maximum Gasteiger partial charge on any atom is 0.250 e. The molecule has 0 aromatic heterocycles. The van der Waals surface area contributed by atoms with E-state index in [9.17, 15) is 14.0 Å². The molecular weight excluding hydrogens is 345 g/mol. The third-order valence-corrected chi connectivity index (χ3v) is 3.71. The van der Waals surface area contributed by atoms with Gasteiger partial charge in [-0.05, 0) is 31.1 Å². The van der Waals surface area contributed by atoms with E-state index in [1.54, 1.807) is 13.0 Å². The van der Waals surface area contributed by atoms with E-state index >= 15 is 0 Å². The molecule has 2 rings (SSSR count). The van der Waals surface area contributed by atoms with Crippen LogP contribution in [-0.4, -0.2) is 28.6 Å². The van der Waals surface area contributed by atoms with E-state index < -0.39 is 23.7 Å². The lowest BCUT2D eigenvalue weighted by atomic mass is 10.1. The van der Waals surface area contributed by atoms with E-state index in [1.165, 1.54) is 6.07 Å². The summed E-state index contributed by atoms with van der Waals surface area (Å²) < 4.78 is 14.3. The molecule has 7 nitrogen and oxygen atoms in total. The first-order valence-corrected chi connectivity index (χ1v) is 7.82. The van der Waals surface area contributed by atoms with Crippen molar-refractivity contribution < 1.29 is 14.0 Å². The number of amides is 2. The topological polar surface area (TPSA) is 134 Å². The summed E-state index contributed by atoms with van der Waals surface area (Å²) in [5, 5.41) is 13.0. The van der Waals surface area contributed by atoms with E-state index in [0.717, 1.165) is 11.6 Å². The quantitative estimate of drug-likeness (QED) is 0.272. The number of benzene rings is 1. The highest BCUT2D eigenvalue weighted by Crippen LogP contribution is 2.29. The van der Waals surface area contributed by atoms with Crippen LogP contribution in [0.1, 0.15) is 30.1 Å². The molecule has 1 aromatic carbocycles. The zero-order valence-electron chi connectivity index (χ0n) is 13.5. The van der Waals surface area contributed by atoms with Gasteiger partial charge in [0.15, 0.2) is 0 Å². The third kappa shape index (κ3) is 4.83. The number of rotatable bonds is 8. The van der Waals surface area contributed by atoms with Crippen LogP contribution in [-0.2, 0) is 4.79 Å². The van der Waals surface area contributed by atoms with Crippen LogP contribution in [0.3, 0.4) is 0 Å². The van der Waals surface area contributed by atoms with Gasteiger partial charge in [0.25, 0.3) is 5.91 Å². The SMILES string of the molecule is CC(=N)CC(=S)Nc1cc(NC(C(N)=O)C2=CC2)c(F)cc1C(N)=O. The minimum atomic E-state index is -0.835. The second-order valence-electron chi connectivity index (χ2n) is 5.71. The van der Waals surface area contributed by atoms with Crippen molar-refractivity contribution in [3.05, 3.63) is 35.2 Å². The Bertz CT molecular complexity index is 804. The first kappa shape index (κ1) is 18.5. The second-order valence-corrected chi connectivity index (χ2v) is 6.20. The average molecular weight is 363 g/mol. The fourth-order valence-corrected chi connectivity index (χ4v) is 2.55. The molecule has 25 heavy (non-hydrogen) atoms. The lowest BCUT2D eigenvalue weighted by molar-refractivity contribution is -0.117. The zero-order chi connectivity index (χ0) is 18.7. The van der Waals surface area contributed by atoms with E-state index in [2.05, 4.69) is 10.6 Å². The molecular formula is C16H18FN5O2S. The lowest BCUT2D eigenvalue weighted by Crippen LogP contribution is -2.35. The Morgan fingerprint density at radius 2 is 2.00 bits per heavy atom. The number of carbonyl (C=O) groups excluding carboxylic acids is 2. The fourth-order valence-electron chi connectivity index (χ4n) is 2.22. The standard InChI is InChI=1S/C16H18FN5O2S/c1-7(18)4-13(25)21-11-6-12(10(17)5-9(11)15(19)23)22-14(16(20)24)8-2-3-8/h2,5-6,14,18,22H,3-4H2,1H3,(H2,19,23)(H2,20,24)(H,21,25). The highest BCUT2D eigenvalue weighted by molar-refractivity contribution is 7.80. The lowest BCUT2D eigenvalue weighted by Gasteiger charge is -2.18. The van der Waals surface area contributed by atoms with Gasteiger partial charge >= 0.3 is 0 Å². The van der Waals surface area contributed by atoms with Crippen molar-refractivity contribution in [1.29, 1.82) is 5.41 Å². The van der Waals surface area contributed by atoms with Crippen LogP contribution in [0.2, 0.25) is 0 Å². The summed E-state index contributed by atoms with van der Waals surface area (Å²) in [6.45, 7) is 1.58. The fraction of sp³-hybridized carbons (Fsp3) is 0.250. The third-order valence-electron chi connectivity index (χ3n) is 3.47. The van der Waals surface area contributed by atoms with Crippen LogP contribution < -0.4 is 22.1 Å². The number of hydrogen-bond donors (Lipinski definition) is 5. The molecule has 1 aromatic rings. The number of nitrogens with one attached hydrogen (secondary N) is 3. The van der Waals surface area contributed by atoms with Crippen molar-refractivity contribution in [2.45, 2.75) is 25.8 Å². The molecule has 1 unspecified atom stereocenters. The van der Waals surface area contributed by atoms with Gasteiger partial charge < -0.3 is 27.5 Å². The minimum Gasteiger partial charge on any atom is -0.368 e. The predicted molar refractivity (Wildman–Crippen MR) is 98.5 cm³/mol. The molecule has 0 heterocycles. The van der Waals surface area contributed by atoms with Crippen molar-refractivity contribution >= 4 is 46.1 Å². The van der Waals surface area contributed by atoms with Gasteiger partial charge in [-0.2, -0.15) is 0 Å². The number of primary amides is 2. The first-order valence-electron chi connectivity index (χ1n) is 7.41. The Balaban J connectivity index is 2.34. The summed E-state index contributed by atoms with van der Waals surface area (Å²) in [5.74, 6) is -2.22. The Labute approximate surface area is 149 Å². The maximum absolute atomic E-state index is 14.3. The summed E-state index contributed by atoms with van der Waals surface area (Å²) >= 11 is 5.11. The number of hydrogen-bond acceptors (Lipinski definition) is 5. The number of halogens is 1. The van der Waals surface area contributed by atoms with E-state index in [-0.39, 0.29) is 28.3 Å². The number of allylic oxidation sites excluding steroid dienone is 1. The smallest absolute Gasteiger partial charge is 0.250 e. The molecule has 0 saturated carbocycles. The Kier molecular flexibility index (Phi) is 5.48. The molecule has 2 amide bonds. The number of anilines is 2. The van der Waals surface area contributed by atoms with Crippen LogP contribution in [0.15, 0.2) is 23.8 Å². The molecule has 1 aliphatic rings. The molecule has 1 atom stereocenters. The van der Waals surface area contributed by atoms with Gasteiger partial charge in [0.1, 0.15) is 11.9 Å². The number of thiocarbonyl (C=S) groups is 1. The summed E-state index contributed by atoms with van der Waals surface area (Å²) in [6.07, 6.45) is 2.62. The average Bonchev–Trinajstić information content (AvgIpc) is 3.30. The molecule has 0 aliphatic heterocycles. The monoisotopic (exact) mass is 363 g/mol. The molecule has 0 spiro atoms. The largest absolute Gasteiger partial charge is 0.368 e. The van der Waals surface area contributed by atoms with Gasteiger partial charge in [0.05, 0.1) is 21.9 Å². The summed E-state index contributed by atoms with van der Waals surface area (Å²) in [6, 6.07) is 1.45. The Hall–Kier alpha value is -2.81. The summed E-state index contributed by atoms with van der Waals surface area (Å²) in [4.78, 5) is 23.4. The van der Waals surface area contributed by atoms with Gasteiger partial charge in [-0.3, -0.25) is 9.59 Å². The predicted octanol–water partition coefficient (Wildman–Crippen LogP) is 1.69. The van der Waals surface area contributed by atoms with E-state index in [0.29, 0.717) is 12.1 Å². The summed E-state index contributed by atoms with van der Waals surface area (Å²) in [7, 11) is 0. The highest BCUT2D eigenvalue weighted by Gasteiger charge is 2.27. The van der Waals surface area contributed by atoms with Gasteiger partial charge in [-0.1, -0.05) is 18.3 Å². The highest BCUT2D eigenvalue weighted by atomic mass is 32.1. The second kappa shape index (κ2) is 7.39. The van der Waals surface area contributed by atoms with Crippen molar-refractivity contribution in [2.75, 3.05) is 10.6 Å². The van der Waals surface area contributed by atoms with E-state index in [4.69, 9.17) is 29.1 Å². The molecule has 0 saturated heterocycles. The van der Waals surface area contributed by atoms with Crippen LogP contribution in [0.5, 0.6) is 0 Å². The minimum absolute atomic E-state index is 0.0153. The molecule has 0 bridgehead atoms. The van der Waals surface area contributed by atoms with Gasteiger partial charge in [-0.25, -0.2) is 4.39 Å². The van der Waals surface area contributed by atoms with Gasteiger partial charge in [-0.15, -0.1) is 0 Å². The van der Waals surface area contributed by atoms with Gasteiger partial charge in [0, 0.05) is 12.1 Å². The van der Waals surface area contributed by atoms with Gasteiger partial charge in [0.2, 0.25) is 5.91 Å².